The maximum Gasteiger partial charge on any atom is 0.404 e. The normalized spacial score (nSPS) is 29.8. The zero-order valence-electron chi connectivity index (χ0n) is 7.12. The van der Waals surface area contributed by atoms with Crippen molar-refractivity contribution >= 4 is 6.09 Å². The van der Waals surface area contributed by atoms with E-state index in [4.69, 9.17) is 10.8 Å². The van der Waals surface area contributed by atoms with Crippen LogP contribution in [0.4, 0.5) is 4.79 Å². The highest BCUT2D eigenvalue weighted by Crippen LogP contribution is 2.22. The zero-order chi connectivity index (χ0) is 8.97. The van der Waals surface area contributed by atoms with Gasteiger partial charge in [-0.15, -0.1) is 0 Å². The molecular weight excluding hydrogens is 156 g/mol. The third kappa shape index (κ3) is 3.09. The number of hydrogen-bond acceptors (Lipinski definition) is 2. The van der Waals surface area contributed by atoms with Crippen LogP contribution in [-0.4, -0.2) is 23.8 Å². The molecule has 0 aliphatic heterocycles. The van der Waals surface area contributed by atoms with Crippen molar-refractivity contribution in [1.82, 2.24) is 5.32 Å². The van der Waals surface area contributed by atoms with Gasteiger partial charge in [-0.05, 0) is 31.6 Å². The summed E-state index contributed by atoms with van der Waals surface area (Å²) in [5.41, 5.74) is 5.72. The highest BCUT2D eigenvalue weighted by molar-refractivity contribution is 5.64. The van der Waals surface area contributed by atoms with Crippen LogP contribution in [0.1, 0.15) is 25.7 Å². The van der Waals surface area contributed by atoms with Crippen LogP contribution < -0.4 is 11.1 Å². The molecule has 1 aliphatic rings. The van der Waals surface area contributed by atoms with Crippen molar-refractivity contribution in [2.75, 3.05) is 6.54 Å². The first kappa shape index (κ1) is 9.32. The summed E-state index contributed by atoms with van der Waals surface area (Å²) in [5.74, 6) is 0.501. The summed E-state index contributed by atoms with van der Waals surface area (Å²) in [5, 5.41) is 10.8. The number of amides is 1. The average molecular weight is 172 g/mol. The van der Waals surface area contributed by atoms with Crippen LogP contribution in [0, 0.1) is 5.92 Å². The lowest BCUT2D eigenvalue weighted by Gasteiger charge is -2.25. The number of hydrogen-bond donors (Lipinski definition) is 3. The van der Waals surface area contributed by atoms with E-state index in [-0.39, 0.29) is 0 Å². The zero-order valence-corrected chi connectivity index (χ0v) is 7.12. The van der Waals surface area contributed by atoms with E-state index in [2.05, 4.69) is 5.32 Å². The Kier molecular flexibility index (Phi) is 3.34. The largest absolute Gasteiger partial charge is 0.465 e. The van der Waals surface area contributed by atoms with E-state index < -0.39 is 6.09 Å². The number of nitrogens with two attached hydrogens (primary N) is 1. The lowest BCUT2D eigenvalue weighted by atomic mass is 9.86. The molecule has 0 atom stereocenters. The molecule has 0 aromatic rings. The molecule has 0 aromatic heterocycles. The molecule has 1 saturated carbocycles. The van der Waals surface area contributed by atoms with Gasteiger partial charge in [-0.2, -0.15) is 0 Å². The molecule has 4 N–H and O–H groups in total. The topological polar surface area (TPSA) is 75.3 Å². The van der Waals surface area contributed by atoms with E-state index in [1.807, 2.05) is 0 Å². The molecule has 4 heteroatoms. The fraction of sp³-hybridized carbons (Fsp3) is 0.875. The summed E-state index contributed by atoms with van der Waals surface area (Å²) in [6, 6.07) is 0.339. The smallest absolute Gasteiger partial charge is 0.404 e. The second-order valence-corrected chi connectivity index (χ2v) is 3.47. The van der Waals surface area contributed by atoms with Crippen molar-refractivity contribution in [3.63, 3.8) is 0 Å². The maximum absolute atomic E-state index is 10.2. The number of carbonyl (C=O) groups is 1. The lowest BCUT2D eigenvalue weighted by Crippen LogP contribution is -2.33. The van der Waals surface area contributed by atoms with E-state index in [9.17, 15) is 4.79 Å². The Balaban J connectivity index is 2.13. The number of nitrogens with one attached hydrogen (secondary N) is 1. The minimum atomic E-state index is -0.926. The molecule has 1 fully saturated rings. The van der Waals surface area contributed by atoms with Crippen LogP contribution in [0.5, 0.6) is 0 Å². The summed E-state index contributed by atoms with van der Waals surface area (Å²) >= 11 is 0. The minimum absolute atomic E-state index is 0.339. The van der Waals surface area contributed by atoms with Gasteiger partial charge < -0.3 is 16.2 Å². The van der Waals surface area contributed by atoms with Crippen LogP contribution in [-0.2, 0) is 0 Å². The fourth-order valence-corrected chi connectivity index (χ4v) is 1.62. The van der Waals surface area contributed by atoms with E-state index >= 15 is 0 Å². The summed E-state index contributed by atoms with van der Waals surface area (Å²) in [6.45, 7) is 0.585. The lowest BCUT2D eigenvalue weighted by molar-refractivity contribution is 0.190. The molecule has 0 bridgehead atoms. The van der Waals surface area contributed by atoms with Crippen molar-refractivity contribution < 1.29 is 9.90 Å². The van der Waals surface area contributed by atoms with Gasteiger partial charge in [0.25, 0.3) is 0 Å². The van der Waals surface area contributed by atoms with Crippen LogP contribution in [0.15, 0.2) is 0 Å². The second-order valence-electron chi connectivity index (χ2n) is 3.47. The van der Waals surface area contributed by atoms with Crippen LogP contribution in [0.2, 0.25) is 0 Å². The molecular formula is C8H16N2O2. The molecule has 12 heavy (non-hydrogen) atoms. The predicted octanol–water partition coefficient (Wildman–Crippen LogP) is 0.771. The highest BCUT2D eigenvalue weighted by atomic mass is 16.4. The van der Waals surface area contributed by atoms with Crippen LogP contribution >= 0.6 is 0 Å². The Morgan fingerprint density at radius 1 is 1.42 bits per heavy atom. The Hall–Kier alpha value is -0.770. The predicted molar refractivity (Wildman–Crippen MR) is 46.0 cm³/mol. The molecule has 1 rings (SSSR count). The van der Waals surface area contributed by atoms with Crippen LogP contribution in [0.3, 0.4) is 0 Å². The van der Waals surface area contributed by atoms with Gasteiger partial charge >= 0.3 is 6.09 Å². The summed E-state index contributed by atoms with van der Waals surface area (Å²) in [4.78, 5) is 10.2. The van der Waals surface area contributed by atoms with E-state index in [0.29, 0.717) is 18.5 Å². The molecule has 0 spiro atoms. The first-order valence-corrected chi connectivity index (χ1v) is 4.41. The first-order valence-electron chi connectivity index (χ1n) is 4.41. The van der Waals surface area contributed by atoms with Crippen molar-refractivity contribution in [3.8, 4) is 0 Å². The third-order valence-corrected chi connectivity index (χ3v) is 2.43. The molecule has 0 saturated heterocycles. The molecule has 1 amide bonds. The van der Waals surface area contributed by atoms with Gasteiger partial charge in [0.1, 0.15) is 0 Å². The van der Waals surface area contributed by atoms with Crippen molar-refractivity contribution in [2.24, 2.45) is 11.7 Å². The SMILES string of the molecule is NC1CCC(CNC(=O)O)CC1. The van der Waals surface area contributed by atoms with Gasteiger partial charge in [-0.3, -0.25) is 0 Å². The molecule has 0 aromatic carbocycles. The molecule has 70 valence electrons. The van der Waals surface area contributed by atoms with Crippen molar-refractivity contribution in [3.05, 3.63) is 0 Å². The fourth-order valence-electron chi connectivity index (χ4n) is 1.62. The first-order chi connectivity index (χ1) is 5.68. The van der Waals surface area contributed by atoms with Gasteiger partial charge in [0.2, 0.25) is 0 Å². The van der Waals surface area contributed by atoms with Gasteiger partial charge in [-0.25, -0.2) is 4.79 Å². The summed E-state index contributed by atoms with van der Waals surface area (Å²) in [6.07, 6.45) is 3.26. The van der Waals surface area contributed by atoms with E-state index in [1.165, 1.54) is 0 Å². The Morgan fingerprint density at radius 3 is 2.50 bits per heavy atom. The standard InChI is InChI=1S/C8H16N2O2/c9-7-3-1-6(2-4-7)5-10-8(11)12/h6-7,10H,1-5,9H2,(H,11,12). The summed E-state index contributed by atoms with van der Waals surface area (Å²) < 4.78 is 0. The molecule has 0 heterocycles. The monoisotopic (exact) mass is 172 g/mol. The van der Waals surface area contributed by atoms with Gasteiger partial charge in [0.05, 0.1) is 0 Å². The average Bonchev–Trinajstić information content (AvgIpc) is 2.03. The molecule has 0 unspecified atom stereocenters. The molecule has 1 aliphatic carbocycles. The second kappa shape index (κ2) is 4.30. The van der Waals surface area contributed by atoms with Crippen LogP contribution in [0.25, 0.3) is 0 Å². The summed E-state index contributed by atoms with van der Waals surface area (Å²) in [7, 11) is 0. The Morgan fingerprint density at radius 2 is 2.00 bits per heavy atom. The Bertz CT molecular complexity index is 153. The van der Waals surface area contributed by atoms with Crippen molar-refractivity contribution in [1.29, 1.82) is 0 Å². The number of rotatable bonds is 2. The quantitative estimate of drug-likeness (QED) is 0.576. The number of carboxylic acid groups (broad SMARTS) is 1. The van der Waals surface area contributed by atoms with Gasteiger partial charge in [0.15, 0.2) is 0 Å². The molecule has 0 radical (unpaired) electrons. The highest BCUT2D eigenvalue weighted by Gasteiger charge is 2.18. The van der Waals surface area contributed by atoms with Gasteiger partial charge in [0, 0.05) is 12.6 Å². The van der Waals surface area contributed by atoms with Crippen molar-refractivity contribution in [2.45, 2.75) is 31.7 Å². The Labute approximate surface area is 72.1 Å². The van der Waals surface area contributed by atoms with Gasteiger partial charge in [-0.1, -0.05) is 0 Å². The maximum atomic E-state index is 10.2. The molecule has 4 nitrogen and oxygen atoms in total. The minimum Gasteiger partial charge on any atom is -0.465 e. The third-order valence-electron chi connectivity index (χ3n) is 2.43. The van der Waals surface area contributed by atoms with E-state index in [1.54, 1.807) is 0 Å². The van der Waals surface area contributed by atoms with E-state index in [0.717, 1.165) is 25.7 Å².